The van der Waals surface area contributed by atoms with Gasteiger partial charge in [0.2, 0.25) is 0 Å². The molecule has 0 fully saturated rings. The van der Waals surface area contributed by atoms with E-state index < -0.39 is 0 Å². The zero-order valence-corrected chi connectivity index (χ0v) is 17.4. The largest absolute Gasteiger partial charge is 0.256 e. The number of aromatic nitrogens is 1. The van der Waals surface area contributed by atoms with Crippen LogP contribution in [0.4, 0.5) is 0 Å². The highest BCUT2D eigenvalue weighted by molar-refractivity contribution is 7.26. The molecule has 31 heavy (non-hydrogen) atoms. The van der Waals surface area contributed by atoms with Crippen molar-refractivity contribution >= 4 is 42.3 Å². The summed E-state index contributed by atoms with van der Waals surface area (Å²) in [6, 6.07) is 33.6. The third kappa shape index (κ3) is 2.81. The molecular weight excluding hydrogens is 396 g/mol. The van der Waals surface area contributed by atoms with E-state index >= 15 is 0 Å². The smallest absolute Gasteiger partial charge is 0.0991 e. The summed E-state index contributed by atoms with van der Waals surface area (Å²) in [5.74, 6) is 0. The zero-order chi connectivity index (χ0) is 20.8. The van der Waals surface area contributed by atoms with Gasteiger partial charge in [-0.1, -0.05) is 72.8 Å². The van der Waals surface area contributed by atoms with Crippen LogP contribution >= 0.6 is 11.3 Å². The summed E-state index contributed by atoms with van der Waals surface area (Å²) in [4.78, 5) is 4.76. The fourth-order valence-corrected chi connectivity index (χ4v) is 5.66. The number of nitriles is 1. The lowest BCUT2D eigenvalue weighted by Gasteiger charge is -2.07. The Morgan fingerprint density at radius 2 is 1.42 bits per heavy atom. The third-order valence-electron chi connectivity index (χ3n) is 5.76. The number of thiophene rings is 1. The third-order valence-corrected chi connectivity index (χ3v) is 7.05. The number of nitrogens with zero attached hydrogens (tertiary/aromatic N) is 2. The van der Waals surface area contributed by atoms with Gasteiger partial charge in [0.1, 0.15) is 0 Å². The summed E-state index contributed by atoms with van der Waals surface area (Å²) in [7, 11) is 0. The summed E-state index contributed by atoms with van der Waals surface area (Å²) >= 11 is 1.83. The van der Waals surface area contributed by atoms with Gasteiger partial charge in [-0.2, -0.15) is 5.26 Å². The summed E-state index contributed by atoms with van der Waals surface area (Å²) in [6.07, 6.45) is 1.83. The average molecular weight is 413 g/mol. The number of hydrogen-bond donors (Lipinski definition) is 0. The summed E-state index contributed by atoms with van der Waals surface area (Å²) < 4.78 is 2.54. The van der Waals surface area contributed by atoms with Gasteiger partial charge in [0.15, 0.2) is 0 Å². The fourth-order valence-electron chi connectivity index (χ4n) is 4.31. The van der Waals surface area contributed by atoms with E-state index in [1.165, 1.54) is 31.3 Å². The van der Waals surface area contributed by atoms with Crippen LogP contribution in [0.2, 0.25) is 0 Å². The minimum absolute atomic E-state index is 0.664. The number of hydrogen-bond acceptors (Lipinski definition) is 3. The lowest BCUT2D eigenvalue weighted by atomic mass is 9.99. The Morgan fingerprint density at radius 1 is 0.677 bits per heavy atom. The molecule has 0 aliphatic carbocycles. The van der Waals surface area contributed by atoms with Crippen molar-refractivity contribution in [1.82, 2.24) is 4.98 Å². The Morgan fingerprint density at radius 3 is 2.19 bits per heavy atom. The molecule has 6 aromatic rings. The van der Waals surface area contributed by atoms with Crippen LogP contribution in [0, 0.1) is 11.3 Å². The van der Waals surface area contributed by atoms with Crippen LogP contribution in [0.1, 0.15) is 5.56 Å². The van der Waals surface area contributed by atoms with Crippen LogP contribution in [-0.4, -0.2) is 4.98 Å². The second-order valence-electron chi connectivity index (χ2n) is 7.54. The first-order chi connectivity index (χ1) is 15.3. The van der Waals surface area contributed by atoms with Crippen molar-refractivity contribution in [2.75, 3.05) is 0 Å². The predicted molar refractivity (Wildman–Crippen MR) is 130 cm³/mol. The van der Waals surface area contributed by atoms with E-state index in [-0.39, 0.29) is 0 Å². The zero-order valence-electron chi connectivity index (χ0n) is 16.5. The van der Waals surface area contributed by atoms with Gasteiger partial charge < -0.3 is 0 Å². The van der Waals surface area contributed by atoms with Crippen molar-refractivity contribution < 1.29 is 0 Å². The molecule has 2 nitrogen and oxygen atoms in total. The van der Waals surface area contributed by atoms with E-state index in [1.807, 2.05) is 41.8 Å². The quantitative estimate of drug-likeness (QED) is 0.291. The minimum atomic E-state index is 0.664. The summed E-state index contributed by atoms with van der Waals surface area (Å²) in [5.41, 5.74) is 5.24. The SMILES string of the molecule is N#Cc1ccc2c(-c3cccc4c3sc3c(-c5ccccc5)cccc34)nccc2c1. The van der Waals surface area contributed by atoms with Gasteiger partial charge >= 0.3 is 0 Å². The molecule has 144 valence electrons. The molecule has 0 N–H and O–H groups in total. The Bertz CT molecular complexity index is 1640. The second kappa shape index (κ2) is 7.05. The first-order valence-electron chi connectivity index (χ1n) is 10.1. The molecule has 0 radical (unpaired) electrons. The monoisotopic (exact) mass is 412 g/mol. The van der Waals surface area contributed by atoms with Crippen molar-refractivity contribution in [2.24, 2.45) is 0 Å². The van der Waals surface area contributed by atoms with Crippen LogP contribution < -0.4 is 0 Å². The predicted octanol–water partition coefficient (Wildman–Crippen LogP) is 7.81. The highest BCUT2D eigenvalue weighted by Gasteiger charge is 2.15. The number of fused-ring (bicyclic) bond motifs is 4. The molecule has 3 heteroatoms. The van der Waals surface area contributed by atoms with Crippen molar-refractivity contribution in [3.05, 3.63) is 103 Å². The molecule has 0 spiro atoms. The second-order valence-corrected chi connectivity index (χ2v) is 8.56. The first kappa shape index (κ1) is 17.8. The van der Waals surface area contributed by atoms with E-state index in [0.717, 1.165) is 22.0 Å². The topological polar surface area (TPSA) is 36.7 Å². The normalized spacial score (nSPS) is 11.2. The van der Waals surface area contributed by atoms with Gasteiger partial charge in [0.05, 0.1) is 17.3 Å². The summed E-state index contributed by atoms with van der Waals surface area (Å²) in [6.45, 7) is 0. The Hall–Kier alpha value is -4.00. The Balaban J connectivity index is 1.66. The Kier molecular flexibility index (Phi) is 4.06. The van der Waals surface area contributed by atoms with E-state index in [0.29, 0.717) is 5.56 Å². The van der Waals surface area contributed by atoms with Gasteiger partial charge in [0, 0.05) is 37.3 Å². The summed E-state index contributed by atoms with van der Waals surface area (Å²) in [5, 5.41) is 13.9. The van der Waals surface area contributed by atoms with Gasteiger partial charge in [-0.05, 0) is 34.7 Å². The van der Waals surface area contributed by atoms with Crippen LogP contribution in [0.5, 0.6) is 0 Å². The van der Waals surface area contributed by atoms with Crippen LogP contribution in [0.15, 0.2) is 97.2 Å². The molecule has 0 bridgehead atoms. The van der Waals surface area contributed by atoms with E-state index in [2.05, 4.69) is 72.8 Å². The van der Waals surface area contributed by atoms with Crippen molar-refractivity contribution in [1.29, 1.82) is 5.26 Å². The first-order valence-corrected chi connectivity index (χ1v) is 10.9. The molecule has 0 atom stereocenters. The highest BCUT2D eigenvalue weighted by atomic mass is 32.1. The molecule has 0 saturated carbocycles. The lowest BCUT2D eigenvalue weighted by Crippen LogP contribution is -1.87. The Labute approximate surface area is 183 Å². The number of pyridine rings is 1. The molecule has 0 aliphatic rings. The van der Waals surface area contributed by atoms with E-state index in [1.54, 1.807) is 0 Å². The standard InChI is InChI=1S/C28H16N2S/c29-17-18-12-13-21-20(16-18)14-15-30-26(21)25-11-5-10-24-23-9-4-8-22(27(23)31-28(24)25)19-6-2-1-3-7-19/h1-16H. The van der Waals surface area contributed by atoms with Crippen LogP contribution in [0.25, 0.3) is 53.3 Å². The van der Waals surface area contributed by atoms with Crippen molar-refractivity contribution in [3.8, 4) is 28.5 Å². The molecule has 0 unspecified atom stereocenters. The van der Waals surface area contributed by atoms with E-state index in [9.17, 15) is 5.26 Å². The van der Waals surface area contributed by atoms with E-state index in [4.69, 9.17) is 4.98 Å². The van der Waals surface area contributed by atoms with Crippen LogP contribution in [-0.2, 0) is 0 Å². The minimum Gasteiger partial charge on any atom is -0.256 e. The van der Waals surface area contributed by atoms with Gasteiger partial charge in [-0.3, -0.25) is 4.98 Å². The van der Waals surface area contributed by atoms with Crippen molar-refractivity contribution in [3.63, 3.8) is 0 Å². The van der Waals surface area contributed by atoms with Gasteiger partial charge in [-0.25, -0.2) is 0 Å². The molecule has 0 aliphatic heterocycles. The molecule has 2 heterocycles. The fraction of sp³-hybridized carbons (Fsp3) is 0. The molecule has 0 amide bonds. The maximum Gasteiger partial charge on any atom is 0.0991 e. The molecule has 0 saturated heterocycles. The molecule has 4 aromatic carbocycles. The molecule has 6 rings (SSSR count). The average Bonchev–Trinajstić information content (AvgIpc) is 3.23. The van der Waals surface area contributed by atoms with Crippen molar-refractivity contribution in [2.45, 2.75) is 0 Å². The van der Waals surface area contributed by atoms with Crippen LogP contribution in [0.3, 0.4) is 0 Å². The highest BCUT2D eigenvalue weighted by Crippen LogP contribution is 2.44. The maximum atomic E-state index is 9.26. The molecule has 2 aromatic heterocycles. The maximum absolute atomic E-state index is 9.26. The van der Waals surface area contributed by atoms with Gasteiger partial charge in [0.25, 0.3) is 0 Å². The number of rotatable bonds is 2. The van der Waals surface area contributed by atoms with Gasteiger partial charge in [-0.15, -0.1) is 11.3 Å². The molecular formula is C28H16N2S. The lowest BCUT2D eigenvalue weighted by molar-refractivity contribution is 1.36. The number of benzene rings is 4.